The molecule has 0 aliphatic carbocycles. The highest BCUT2D eigenvalue weighted by Gasteiger charge is 2.34. The lowest BCUT2D eigenvalue weighted by Crippen LogP contribution is -2.43. The lowest BCUT2D eigenvalue weighted by molar-refractivity contribution is -0.120. The van der Waals surface area contributed by atoms with E-state index >= 15 is 0 Å². The number of sulfonamides is 1. The molecule has 0 aromatic heterocycles. The first-order valence-corrected chi connectivity index (χ1v) is 9.63. The summed E-state index contributed by atoms with van der Waals surface area (Å²) < 4.78 is 53.7. The third-order valence-corrected chi connectivity index (χ3v) is 6.19. The number of anilines is 1. The van der Waals surface area contributed by atoms with E-state index in [9.17, 15) is 22.0 Å². The predicted molar refractivity (Wildman–Crippen MR) is 92.9 cm³/mol. The largest absolute Gasteiger partial charge is 0.326 e. The van der Waals surface area contributed by atoms with Crippen molar-refractivity contribution in [1.29, 1.82) is 0 Å². The van der Waals surface area contributed by atoms with Gasteiger partial charge in [0.1, 0.15) is 16.5 Å². The zero-order valence-corrected chi connectivity index (χ0v) is 14.7. The molecule has 1 aliphatic heterocycles. The van der Waals surface area contributed by atoms with Gasteiger partial charge in [0.15, 0.2) is 0 Å². The van der Waals surface area contributed by atoms with Crippen LogP contribution < -0.4 is 5.32 Å². The Morgan fingerprint density at radius 2 is 1.85 bits per heavy atom. The molecule has 2 aromatic carbocycles. The average Bonchev–Trinajstić information content (AvgIpc) is 2.64. The minimum Gasteiger partial charge on any atom is -0.326 e. The number of nitrogens with one attached hydrogen (secondary N) is 1. The second-order valence-corrected chi connectivity index (χ2v) is 8.04. The number of para-hydroxylation sites is 1. The first-order valence-electron chi connectivity index (χ1n) is 8.19. The van der Waals surface area contributed by atoms with Gasteiger partial charge in [-0.2, -0.15) is 4.31 Å². The Morgan fingerprint density at radius 1 is 1.12 bits per heavy atom. The Hall–Kier alpha value is -2.32. The molecule has 26 heavy (non-hydrogen) atoms. The lowest BCUT2D eigenvalue weighted by atomic mass is 9.99. The molecule has 3 rings (SSSR count). The van der Waals surface area contributed by atoms with Gasteiger partial charge in [0.05, 0.1) is 5.92 Å². The van der Waals surface area contributed by atoms with Crippen LogP contribution in [0.2, 0.25) is 0 Å². The second-order valence-electron chi connectivity index (χ2n) is 6.13. The van der Waals surface area contributed by atoms with Gasteiger partial charge in [-0.1, -0.05) is 18.2 Å². The molecule has 5 nitrogen and oxygen atoms in total. The van der Waals surface area contributed by atoms with Crippen molar-refractivity contribution in [3.63, 3.8) is 0 Å². The number of halogens is 2. The topological polar surface area (TPSA) is 66.5 Å². The number of piperidine rings is 1. The fraction of sp³-hybridized carbons (Fsp3) is 0.278. The summed E-state index contributed by atoms with van der Waals surface area (Å²) in [6.45, 7) is 0.0877. The maximum atomic E-state index is 13.9. The highest BCUT2D eigenvalue weighted by Crippen LogP contribution is 2.26. The van der Waals surface area contributed by atoms with Crippen molar-refractivity contribution in [1.82, 2.24) is 4.31 Å². The van der Waals surface area contributed by atoms with E-state index in [4.69, 9.17) is 0 Å². The minimum absolute atomic E-state index is 0.0725. The summed E-state index contributed by atoms with van der Waals surface area (Å²) in [7, 11) is -4.22. The van der Waals surface area contributed by atoms with E-state index in [0.29, 0.717) is 24.6 Å². The smallest absolute Gasteiger partial charge is 0.246 e. The number of carbonyl (C=O) groups excluding carboxylic acids is 1. The van der Waals surface area contributed by atoms with Gasteiger partial charge in [-0.15, -0.1) is 0 Å². The first kappa shape index (κ1) is 18.5. The van der Waals surface area contributed by atoms with Gasteiger partial charge in [0, 0.05) is 18.8 Å². The van der Waals surface area contributed by atoms with Crippen molar-refractivity contribution < 1.29 is 22.0 Å². The van der Waals surface area contributed by atoms with Crippen LogP contribution in [-0.2, 0) is 14.8 Å². The highest BCUT2D eigenvalue weighted by atomic mass is 32.2. The SMILES string of the molecule is O=C(Nc1ccccc1)C1CCCN(S(=O)(=O)c2cc(F)ccc2F)C1. The molecule has 0 bridgehead atoms. The molecule has 1 atom stereocenters. The molecule has 1 unspecified atom stereocenters. The number of benzene rings is 2. The van der Waals surface area contributed by atoms with E-state index < -0.39 is 32.5 Å². The third kappa shape index (κ3) is 3.91. The van der Waals surface area contributed by atoms with Crippen LogP contribution in [0.15, 0.2) is 53.4 Å². The molecule has 2 aromatic rings. The second kappa shape index (κ2) is 7.51. The fourth-order valence-corrected chi connectivity index (χ4v) is 4.55. The molecular weight excluding hydrogens is 362 g/mol. The Balaban J connectivity index is 1.77. The van der Waals surface area contributed by atoms with Gasteiger partial charge in [0.2, 0.25) is 15.9 Å². The number of carbonyl (C=O) groups is 1. The van der Waals surface area contributed by atoms with Crippen molar-refractivity contribution >= 4 is 21.6 Å². The van der Waals surface area contributed by atoms with E-state index in [0.717, 1.165) is 16.4 Å². The fourth-order valence-electron chi connectivity index (χ4n) is 2.95. The summed E-state index contributed by atoms with van der Waals surface area (Å²) >= 11 is 0. The van der Waals surface area contributed by atoms with Crippen LogP contribution in [0.5, 0.6) is 0 Å². The summed E-state index contributed by atoms with van der Waals surface area (Å²) in [5.74, 6) is -2.70. The number of hydrogen-bond donors (Lipinski definition) is 1. The van der Waals surface area contributed by atoms with Crippen LogP contribution >= 0.6 is 0 Å². The molecular formula is C18H18F2N2O3S. The van der Waals surface area contributed by atoms with Crippen LogP contribution in [0.4, 0.5) is 14.5 Å². The van der Waals surface area contributed by atoms with Crippen molar-refractivity contribution in [2.45, 2.75) is 17.7 Å². The number of hydrogen-bond acceptors (Lipinski definition) is 3. The van der Waals surface area contributed by atoms with Crippen molar-refractivity contribution in [2.24, 2.45) is 5.92 Å². The van der Waals surface area contributed by atoms with E-state index in [2.05, 4.69) is 5.32 Å². The Morgan fingerprint density at radius 3 is 2.58 bits per heavy atom. The maximum absolute atomic E-state index is 13.9. The standard InChI is InChI=1S/C18H18F2N2O3S/c19-14-8-9-16(20)17(11-14)26(24,25)22-10-4-5-13(12-22)18(23)21-15-6-2-1-3-7-15/h1-3,6-9,11,13H,4-5,10,12H2,(H,21,23). The predicted octanol–water partition coefficient (Wildman–Crippen LogP) is 3.00. The first-order chi connectivity index (χ1) is 12.4. The van der Waals surface area contributed by atoms with Gasteiger partial charge in [0.25, 0.3) is 0 Å². The van der Waals surface area contributed by atoms with Gasteiger partial charge in [-0.05, 0) is 43.2 Å². The summed E-state index contributed by atoms with van der Waals surface area (Å²) in [6, 6.07) is 11.2. The van der Waals surface area contributed by atoms with Crippen LogP contribution in [0, 0.1) is 17.6 Å². The molecule has 1 saturated heterocycles. The lowest BCUT2D eigenvalue weighted by Gasteiger charge is -2.31. The zero-order valence-electron chi connectivity index (χ0n) is 13.9. The maximum Gasteiger partial charge on any atom is 0.246 e. The Labute approximate surface area is 150 Å². The molecule has 1 fully saturated rings. The van der Waals surface area contributed by atoms with Crippen molar-refractivity contribution in [3.8, 4) is 0 Å². The molecule has 138 valence electrons. The molecule has 0 saturated carbocycles. The minimum atomic E-state index is -4.22. The van der Waals surface area contributed by atoms with E-state index in [1.165, 1.54) is 0 Å². The van der Waals surface area contributed by atoms with Crippen molar-refractivity contribution in [2.75, 3.05) is 18.4 Å². The number of amides is 1. The molecule has 0 radical (unpaired) electrons. The zero-order chi connectivity index (χ0) is 18.7. The van der Waals surface area contributed by atoms with E-state index in [1.807, 2.05) is 6.07 Å². The van der Waals surface area contributed by atoms with Crippen LogP contribution in [0.25, 0.3) is 0 Å². The summed E-state index contributed by atoms with van der Waals surface area (Å²) in [6.07, 6.45) is 0.985. The van der Waals surface area contributed by atoms with Gasteiger partial charge >= 0.3 is 0 Å². The van der Waals surface area contributed by atoms with Crippen molar-refractivity contribution in [3.05, 3.63) is 60.2 Å². The molecule has 0 spiro atoms. The molecule has 1 amide bonds. The van der Waals surface area contributed by atoms with E-state index in [1.54, 1.807) is 24.3 Å². The van der Waals surface area contributed by atoms with Gasteiger partial charge < -0.3 is 5.32 Å². The summed E-state index contributed by atoms with van der Waals surface area (Å²) in [5, 5.41) is 2.75. The van der Waals surface area contributed by atoms with Crippen LogP contribution in [0.1, 0.15) is 12.8 Å². The molecule has 1 N–H and O–H groups in total. The average molecular weight is 380 g/mol. The quantitative estimate of drug-likeness (QED) is 0.887. The molecule has 8 heteroatoms. The molecule has 1 aliphatic rings. The number of nitrogens with zero attached hydrogens (tertiary/aromatic N) is 1. The van der Waals surface area contributed by atoms with E-state index in [-0.39, 0.29) is 19.0 Å². The van der Waals surface area contributed by atoms with Gasteiger partial charge in [-0.25, -0.2) is 17.2 Å². The van der Waals surface area contributed by atoms with Crippen LogP contribution in [0.3, 0.4) is 0 Å². The number of rotatable bonds is 4. The summed E-state index contributed by atoms with van der Waals surface area (Å²) in [5.41, 5.74) is 0.619. The Bertz CT molecular complexity index is 904. The van der Waals surface area contributed by atoms with Gasteiger partial charge in [-0.3, -0.25) is 4.79 Å². The van der Waals surface area contributed by atoms with Crippen LogP contribution in [-0.4, -0.2) is 31.7 Å². The monoisotopic (exact) mass is 380 g/mol. The Kier molecular flexibility index (Phi) is 5.33. The normalized spacial score (nSPS) is 18.5. The third-order valence-electron chi connectivity index (χ3n) is 4.31. The highest BCUT2D eigenvalue weighted by molar-refractivity contribution is 7.89. The summed E-state index contributed by atoms with van der Waals surface area (Å²) in [4.78, 5) is 11.7. The molecule has 1 heterocycles.